The van der Waals surface area contributed by atoms with E-state index in [0.29, 0.717) is 67.2 Å². The van der Waals surface area contributed by atoms with Gasteiger partial charge in [-0.05, 0) is 86.9 Å². The maximum absolute atomic E-state index is 13.7. The van der Waals surface area contributed by atoms with Gasteiger partial charge in [-0.25, -0.2) is 4.79 Å². The highest BCUT2D eigenvalue weighted by molar-refractivity contribution is 5.96. The summed E-state index contributed by atoms with van der Waals surface area (Å²) in [7, 11) is 0. The number of hydrogen-bond acceptors (Lipinski definition) is 8. The van der Waals surface area contributed by atoms with Gasteiger partial charge in [0.2, 0.25) is 0 Å². The van der Waals surface area contributed by atoms with Crippen molar-refractivity contribution in [3.05, 3.63) is 94.8 Å². The van der Waals surface area contributed by atoms with Crippen LogP contribution in [0, 0.1) is 11.3 Å². The molecular weight excluding hydrogens is 558 g/mol. The van der Waals surface area contributed by atoms with E-state index in [2.05, 4.69) is 16.4 Å². The fourth-order valence-electron chi connectivity index (χ4n) is 5.60. The van der Waals surface area contributed by atoms with Crippen LogP contribution in [0.25, 0.3) is 0 Å². The maximum atomic E-state index is 13.7. The van der Waals surface area contributed by atoms with Crippen LogP contribution < -0.4 is 10.1 Å². The number of nitrogens with one attached hydrogen (secondary N) is 1. The third-order valence-corrected chi connectivity index (χ3v) is 8.07. The molecule has 0 aliphatic carbocycles. The molecule has 0 bridgehead atoms. The van der Waals surface area contributed by atoms with Gasteiger partial charge in [0.15, 0.2) is 0 Å². The molecular formula is C34H37N5O5. The second-order valence-corrected chi connectivity index (χ2v) is 11.0. The van der Waals surface area contributed by atoms with E-state index in [1.165, 1.54) is 6.20 Å². The minimum atomic E-state index is -0.361. The van der Waals surface area contributed by atoms with Crippen LogP contribution in [0.3, 0.4) is 0 Å². The molecule has 2 fully saturated rings. The van der Waals surface area contributed by atoms with Crippen molar-refractivity contribution in [3.63, 3.8) is 0 Å². The molecule has 2 aromatic carbocycles. The predicted octanol–water partition coefficient (Wildman–Crippen LogP) is 4.21. The van der Waals surface area contributed by atoms with Crippen LogP contribution in [0.1, 0.15) is 74.9 Å². The lowest BCUT2D eigenvalue weighted by Crippen LogP contribution is -2.46. The Morgan fingerprint density at radius 1 is 0.955 bits per heavy atom. The lowest BCUT2D eigenvalue weighted by atomic mass is 10.0. The molecule has 3 aromatic rings. The molecule has 3 heterocycles. The summed E-state index contributed by atoms with van der Waals surface area (Å²) in [5, 5.41) is 12.5. The summed E-state index contributed by atoms with van der Waals surface area (Å²) in [6.45, 7) is 5.27. The Hall–Kier alpha value is -4.75. The summed E-state index contributed by atoms with van der Waals surface area (Å²) in [5.41, 5.74) is 2.75. The number of likely N-dealkylation sites (tertiary alicyclic amines) is 1. The number of rotatable bonds is 9. The number of ether oxygens (including phenoxy) is 2. The highest BCUT2D eigenvalue weighted by atomic mass is 16.5. The molecule has 10 heteroatoms. The van der Waals surface area contributed by atoms with E-state index in [0.717, 1.165) is 31.5 Å². The third kappa shape index (κ3) is 7.60. The zero-order valence-electron chi connectivity index (χ0n) is 24.9. The smallest absolute Gasteiger partial charge is 0.338 e. The molecule has 0 atom stereocenters. The number of nitrogens with zero attached hydrogens (tertiary/aromatic N) is 4. The Bertz CT molecular complexity index is 1470. The number of nitriles is 1. The first-order valence-corrected chi connectivity index (χ1v) is 15.1. The van der Waals surface area contributed by atoms with E-state index >= 15 is 0 Å². The SMILES string of the molecule is CCOC(=O)c1ccc(OC2CCN(C(=O)c3ccc(C(=O)N(Cc4ccc(C#N)cc4)C4CCNCC4)nc3)CC2)cc1. The number of piperidine rings is 2. The Kier molecular flexibility index (Phi) is 10.2. The van der Waals surface area contributed by atoms with Crippen LogP contribution in [0.15, 0.2) is 66.9 Å². The highest BCUT2D eigenvalue weighted by Gasteiger charge is 2.29. The molecule has 0 radical (unpaired) electrons. The number of hydrogen-bond donors (Lipinski definition) is 1. The van der Waals surface area contributed by atoms with Gasteiger partial charge in [0, 0.05) is 44.7 Å². The van der Waals surface area contributed by atoms with Crippen LogP contribution >= 0.6 is 0 Å². The van der Waals surface area contributed by atoms with Crippen molar-refractivity contribution in [3.8, 4) is 11.8 Å². The fourth-order valence-corrected chi connectivity index (χ4v) is 5.60. The average Bonchev–Trinajstić information content (AvgIpc) is 3.08. The largest absolute Gasteiger partial charge is 0.490 e. The molecule has 2 aliphatic rings. The first-order chi connectivity index (χ1) is 21.4. The molecule has 2 saturated heterocycles. The molecule has 0 spiro atoms. The van der Waals surface area contributed by atoms with Gasteiger partial charge in [0.1, 0.15) is 17.5 Å². The van der Waals surface area contributed by atoms with Gasteiger partial charge in [-0.2, -0.15) is 5.26 Å². The summed E-state index contributed by atoms with van der Waals surface area (Å²) in [6.07, 6.45) is 4.49. The van der Waals surface area contributed by atoms with Crippen LogP contribution in [0.2, 0.25) is 0 Å². The van der Waals surface area contributed by atoms with Crippen LogP contribution in [-0.4, -0.2) is 77.5 Å². The lowest BCUT2D eigenvalue weighted by Gasteiger charge is -2.34. The Labute approximate surface area is 257 Å². The molecule has 44 heavy (non-hydrogen) atoms. The standard InChI is InChI=1S/C34H37N5O5/c1-2-43-34(42)26-7-10-29(11-8-26)44-30-15-19-38(20-16-30)32(40)27-9-12-31(37-22-27)33(41)39(28-13-17-36-18-14-28)23-25-5-3-24(21-35)4-6-25/h3-12,22,28,30,36H,2,13-20,23H2,1H3. The van der Waals surface area contributed by atoms with Crippen LogP contribution in [0.4, 0.5) is 0 Å². The quantitative estimate of drug-likeness (QED) is 0.365. The second-order valence-electron chi connectivity index (χ2n) is 11.0. The molecule has 2 aliphatic heterocycles. The van der Waals surface area contributed by atoms with Gasteiger partial charge in [0.05, 0.1) is 29.4 Å². The second kappa shape index (κ2) is 14.6. The molecule has 1 N–H and O–H groups in total. The van der Waals surface area contributed by atoms with Gasteiger partial charge >= 0.3 is 5.97 Å². The Balaban J connectivity index is 1.17. The first kappa shape index (κ1) is 30.7. The molecule has 5 rings (SSSR count). The van der Waals surface area contributed by atoms with Crippen LogP contribution in [0.5, 0.6) is 5.75 Å². The molecule has 228 valence electrons. The van der Waals surface area contributed by atoms with Crippen molar-refractivity contribution in [2.45, 2.75) is 51.3 Å². The summed E-state index contributed by atoms with van der Waals surface area (Å²) in [6, 6.07) is 19.7. The summed E-state index contributed by atoms with van der Waals surface area (Å²) >= 11 is 0. The number of benzene rings is 2. The van der Waals surface area contributed by atoms with Gasteiger partial charge in [0.25, 0.3) is 11.8 Å². The summed E-state index contributed by atoms with van der Waals surface area (Å²) in [4.78, 5) is 46.9. The molecule has 10 nitrogen and oxygen atoms in total. The van der Waals surface area contributed by atoms with Gasteiger partial charge in [-0.3, -0.25) is 14.6 Å². The van der Waals surface area contributed by atoms with E-state index in [-0.39, 0.29) is 29.9 Å². The zero-order chi connectivity index (χ0) is 30.9. The number of aromatic nitrogens is 1. The van der Waals surface area contributed by atoms with E-state index in [9.17, 15) is 14.4 Å². The minimum absolute atomic E-state index is 0.0392. The monoisotopic (exact) mass is 595 g/mol. The van der Waals surface area contributed by atoms with E-state index in [1.807, 2.05) is 17.0 Å². The number of carbonyl (C=O) groups is 3. The number of pyridine rings is 1. The Morgan fingerprint density at radius 3 is 2.25 bits per heavy atom. The maximum Gasteiger partial charge on any atom is 0.338 e. The van der Waals surface area contributed by atoms with Crippen molar-refractivity contribution < 1.29 is 23.9 Å². The lowest BCUT2D eigenvalue weighted by molar-refractivity contribution is 0.0525. The number of carbonyl (C=O) groups excluding carboxylic acids is 3. The Morgan fingerprint density at radius 2 is 1.64 bits per heavy atom. The number of esters is 1. The van der Waals surface area contributed by atoms with E-state index < -0.39 is 0 Å². The summed E-state index contributed by atoms with van der Waals surface area (Å²) in [5.74, 6) is 0.0139. The van der Waals surface area contributed by atoms with E-state index in [4.69, 9.17) is 14.7 Å². The highest BCUT2D eigenvalue weighted by Crippen LogP contribution is 2.22. The molecule has 0 saturated carbocycles. The van der Waals surface area contributed by atoms with Crippen molar-refractivity contribution in [1.82, 2.24) is 20.1 Å². The van der Waals surface area contributed by atoms with Crippen molar-refractivity contribution in [2.75, 3.05) is 32.8 Å². The average molecular weight is 596 g/mol. The number of amides is 2. The zero-order valence-corrected chi connectivity index (χ0v) is 24.9. The van der Waals surface area contributed by atoms with Crippen molar-refractivity contribution >= 4 is 17.8 Å². The van der Waals surface area contributed by atoms with Gasteiger partial charge in [-0.1, -0.05) is 12.1 Å². The normalized spacial score (nSPS) is 15.7. The van der Waals surface area contributed by atoms with Crippen molar-refractivity contribution in [2.24, 2.45) is 0 Å². The van der Waals surface area contributed by atoms with Gasteiger partial charge < -0.3 is 24.6 Å². The first-order valence-electron chi connectivity index (χ1n) is 15.1. The van der Waals surface area contributed by atoms with Gasteiger partial charge in [-0.15, -0.1) is 0 Å². The molecule has 1 aromatic heterocycles. The minimum Gasteiger partial charge on any atom is -0.490 e. The van der Waals surface area contributed by atoms with Crippen LogP contribution in [-0.2, 0) is 11.3 Å². The molecule has 2 amide bonds. The van der Waals surface area contributed by atoms with Crippen molar-refractivity contribution in [1.29, 1.82) is 5.26 Å². The topological polar surface area (TPSA) is 125 Å². The van der Waals surface area contributed by atoms with E-state index in [1.54, 1.807) is 60.4 Å². The molecule has 0 unspecified atom stereocenters. The fraction of sp³-hybridized carbons (Fsp3) is 0.382. The predicted molar refractivity (Wildman–Crippen MR) is 163 cm³/mol. The summed E-state index contributed by atoms with van der Waals surface area (Å²) < 4.78 is 11.1. The third-order valence-electron chi connectivity index (χ3n) is 8.07.